The van der Waals surface area contributed by atoms with Crippen molar-refractivity contribution in [1.29, 1.82) is 0 Å². The molecule has 1 aliphatic heterocycles. The number of hydrogen-bond acceptors (Lipinski definition) is 3. The summed E-state index contributed by atoms with van der Waals surface area (Å²) in [6.45, 7) is 4.84. The van der Waals surface area contributed by atoms with Gasteiger partial charge in [0.1, 0.15) is 0 Å². The Morgan fingerprint density at radius 3 is 2.37 bits per heavy atom. The van der Waals surface area contributed by atoms with E-state index in [9.17, 15) is 0 Å². The van der Waals surface area contributed by atoms with Crippen LogP contribution >= 0.6 is 0 Å². The Morgan fingerprint density at radius 1 is 0.702 bits per heavy atom. The van der Waals surface area contributed by atoms with E-state index in [4.69, 9.17) is 9.97 Å². The van der Waals surface area contributed by atoms with E-state index in [2.05, 4.69) is 181 Å². The standard InChI is InChI=1S/C53H42N4/c1-53(2)43-25-12-9-20-37(43)39-24-15-23-36(49(39)53)34-28-30-46-42(32-34)48-47(31-29-40-38-21-11-14-27-45(38)56(51(40)48)35-18-7-4-8-19-35)57(46)52-54-44-26-13-10-22-41(44)50(55-52)33-16-5-3-6-17-33/h3-8,11-12,14-19,21-32,47-48H,9-10,13,20H2,1-2H3. The lowest BCUT2D eigenvalue weighted by Gasteiger charge is -2.30. The molecule has 0 bridgehead atoms. The van der Waals surface area contributed by atoms with Crippen molar-refractivity contribution < 1.29 is 0 Å². The molecule has 3 heterocycles. The Labute approximate surface area is 333 Å². The van der Waals surface area contributed by atoms with E-state index < -0.39 is 0 Å². The van der Waals surface area contributed by atoms with Gasteiger partial charge in [-0.3, -0.25) is 0 Å². The molecule has 0 saturated heterocycles. The number of fused-ring (bicyclic) bond motifs is 10. The smallest absolute Gasteiger partial charge is 0.231 e. The van der Waals surface area contributed by atoms with Crippen LogP contribution in [0.5, 0.6) is 0 Å². The predicted octanol–water partition coefficient (Wildman–Crippen LogP) is 11.2. The second kappa shape index (κ2) is 12.2. The first-order valence-electron chi connectivity index (χ1n) is 20.5. The van der Waals surface area contributed by atoms with Gasteiger partial charge < -0.3 is 9.47 Å². The summed E-state index contributed by atoms with van der Waals surface area (Å²) in [5.41, 5.74) is 18.0. The highest BCUT2D eigenvalue weighted by Crippen LogP contribution is 2.56. The van der Waals surface area contributed by atoms with Gasteiger partial charge in [0, 0.05) is 44.2 Å². The van der Waals surface area contributed by atoms with Crippen LogP contribution in [0.4, 0.5) is 11.6 Å². The largest absolute Gasteiger partial charge is 0.312 e. The maximum atomic E-state index is 5.51. The molecular weight excluding hydrogens is 693 g/mol. The van der Waals surface area contributed by atoms with Gasteiger partial charge >= 0.3 is 0 Å². The Balaban J connectivity index is 1.12. The van der Waals surface area contributed by atoms with Crippen molar-refractivity contribution in [2.75, 3.05) is 4.90 Å². The normalized spacial score (nSPS) is 19.3. The van der Waals surface area contributed by atoms with Crippen LogP contribution in [-0.4, -0.2) is 20.6 Å². The quantitative estimate of drug-likeness (QED) is 0.181. The van der Waals surface area contributed by atoms with Gasteiger partial charge in [-0.2, -0.15) is 0 Å². The molecule has 274 valence electrons. The third-order valence-electron chi connectivity index (χ3n) is 13.2. The first-order chi connectivity index (χ1) is 28.1. The molecule has 0 radical (unpaired) electrons. The Hall–Kier alpha value is -6.52. The molecule has 2 unspecified atom stereocenters. The highest BCUT2D eigenvalue weighted by molar-refractivity contribution is 5.96. The van der Waals surface area contributed by atoms with Gasteiger partial charge in [-0.1, -0.05) is 141 Å². The van der Waals surface area contributed by atoms with Crippen molar-refractivity contribution in [1.82, 2.24) is 14.5 Å². The van der Waals surface area contributed by atoms with Gasteiger partial charge in [0.05, 0.1) is 28.5 Å². The second-order valence-corrected chi connectivity index (χ2v) is 16.7. The summed E-state index contributed by atoms with van der Waals surface area (Å²) < 4.78 is 2.52. The van der Waals surface area contributed by atoms with E-state index >= 15 is 0 Å². The van der Waals surface area contributed by atoms with Gasteiger partial charge in [-0.05, 0) is 95.0 Å². The molecule has 0 spiro atoms. The number of para-hydroxylation sites is 2. The molecule has 7 aromatic rings. The summed E-state index contributed by atoms with van der Waals surface area (Å²) in [5, 5.41) is 3.44. The maximum absolute atomic E-state index is 5.51. The number of rotatable bonds is 4. The molecule has 2 aromatic heterocycles. The average molecular weight is 735 g/mol. The number of benzene rings is 5. The summed E-state index contributed by atoms with van der Waals surface area (Å²) in [5.74, 6) is 0.781. The fourth-order valence-corrected chi connectivity index (χ4v) is 10.8. The third-order valence-corrected chi connectivity index (χ3v) is 13.2. The van der Waals surface area contributed by atoms with Crippen LogP contribution in [0.1, 0.15) is 73.4 Å². The van der Waals surface area contributed by atoms with Crippen molar-refractivity contribution in [2.45, 2.75) is 56.9 Å². The minimum absolute atomic E-state index is 0.0270. The predicted molar refractivity (Wildman–Crippen MR) is 235 cm³/mol. The molecule has 4 aliphatic carbocycles. The second-order valence-electron chi connectivity index (χ2n) is 16.7. The first kappa shape index (κ1) is 32.7. The SMILES string of the molecule is CC1(C)C2=C(CCC=C2)c2cccc(-c3ccc4c(c3)C3c5c(c6ccccc6n5-c5ccccc5)C=CC3N4c3nc(-c4ccccc4)c4c(n3)=CCCC=4)c21. The van der Waals surface area contributed by atoms with E-state index in [1.54, 1.807) is 0 Å². The van der Waals surface area contributed by atoms with Crippen LogP contribution in [0, 0.1) is 0 Å². The lowest BCUT2D eigenvalue weighted by molar-refractivity contribution is 0.653. The third kappa shape index (κ3) is 4.67. The zero-order chi connectivity index (χ0) is 37.8. The van der Waals surface area contributed by atoms with Gasteiger partial charge in [0.25, 0.3) is 0 Å². The molecule has 5 aliphatic rings. The number of allylic oxidation sites excluding steroid dienone is 4. The van der Waals surface area contributed by atoms with Crippen molar-refractivity contribution in [3.8, 4) is 28.1 Å². The molecule has 12 rings (SSSR count). The van der Waals surface area contributed by atoms with Crippen molar-refractivity contribution in [3.63, 3.8) is 0 Å². The summed E-state index contributed by atoms with van der Waals surface area (Å²) in [6, 6.07) is 44.6. The highest BCUT2D eigenvalue weighted by atomic mass is 15.3. The zero-order valence-electron chi connectivity index (χ0n) is 32.3. The van der Waals surface area contributed by atoms with E-state index in [0.29, 0.717) is 0 Å². The van der Waals surface area contributed by atoms with E-state index in [-0.39, 0.29) is 17.4 Å². The summed E-state index contributed by atoms with van der Waals surface area (Å²) in [4.78, 5) is 13.4. The fourth-order valence-electron chi connectivity index (χ4n) is 10.8. The summed E-state index contributed by atoms with van der Waals surface area (Å²) in [7, 11) is 0. The van der Waals surface area contributed by atoms with E-state index in [1.165, 1.54) is 72.5 Å². The summed E-state index contributed by atoms with van der Waals surface area (Å²) >= 11 is 0. The highest BCUT2D eigenvalue weighted by Gasteiger charge is 2.46. The van der Waals surface area contributed by atoms with Crippen LogP contribution in [0.15, 0.2) is 145 Å². The molecule has 0 fully saturated rings. The number of aromatic nitrogens is 3. The van der Waals surface area contributed by atoms with Gasteiger partial charge in [0.2, 0.25) is 5.95 Å². The number of hydrogen-bond donors (Lipinski definition) is 0. The Morgan fingerprint density at radius 2 is 1.49 bits per heavy atom. The molecule has 5 aromatic carbocycles. The molecule has 0 amide bonds. The molecule has 0 N–H and O–H groups in total. The zero-order valence-corrected chi connectivity index (χ0v) is 32.3. The van der Waals surface area contributed by atoms with Crippen LogP contribution < -0.4 is 15.5 Å². The number of anilines is 2. The van der Waals surface area contributed by atoms with Gasteiger partial charge in [0.15, 0.2) is 0 Å². The van der Waals surface area contributed by atoms with Crippen LogP contribution in [0.2, 0.25) is 0 Å². The minimum atomic E-state index is -0.0788. The van der Waals surface area contributed by atoms with Crippen molar-refractivity contribution in [2.24, 2.45) is 0 Å². The van der Waals surface area contributed by atoms with Crippen molar-refractivity contribution >= 4 is 46.3 Å². The topological polar surface area (TPSA) is 34.0 Å². The van der Waals surface area contributed by atoms with Crippen LogP contribution in [-0.2, 0) is 5.41 Å². The maximum Gasteiger partial charge on any atom is 0.231 e. The molecular formula is C53H42N4. The lowest BCUT2D eigenvalue weighted by Crippen LogP contribution is -2.38. The molecule has 4 nitrogen and oxygen atoms in total. The fraction of sp³-hybridized carbons (Fsp3) is 0.170. The molecule has 2 atom stereocenters. The molecule has 4 heteroatoms. The molecule has 0 saturated carbocycles. The van der Waals surface area contributed by atoms with Crippen LogP contribution in [0.25, 0.3) is 62.8 Å². The van der Waals surface area contributed by atoms with Gasteiger partial charge in [-0.15, -0.1) is 0 Å². The van der Waals surface area contributed by atoms with Crippen molar-refractivity contribution in [3.05, 3.63) is 184 Å². The first-order valence-corrected chi connectivity index (χ1v) is 20.5. The van der Waals surface area contributed by atoms with E-state index in [0.717, 1.165) is 53.5 Å². The van der Waals surface area contributed by atoms with Crippen LogP contribution in [0.3, 0.4) is 0 Å². The Kier molecular flexibility index (Phi) is 7.02. The number of nitrogens with zero attached hydrogens (tertiary/aromatic N) is 4. The summed E-state index contributed by atoms with van der Waals surface area (Å²) in [6.07, 6.45) is 18.4. The minimum Gasteiger partial charge on any atom is -0.312 e. The Bertz CT molecular complexity index is 3050. The monoisotopic (exact) mass is 734 g/mol. The lowest BCUT2D eigenvalue weighted by atomic mass is 9.76. The van der Waals surface area contributed by atoms with Gasteiger partial charge in [-0.25, -0.2) is 9.97 Å². The van der Waals surface area contributed by atoms with E-state index in [1.807, 2.05) is 0 Å². The molecule has 57 heavy (non-hydrogen) atoms. The average Bonchev–Trinajstić information content (AvgIpc) is 3.87.